The third-order valence-corrected chi connectivity index (χ3v) is 4.71. The van der Waals surface area contributed by atoms with Gasteiger partial charge in [0.15, 0.2) is 0 Å². The minimum atomic E-state index is -0.336. The average Bonchev–Trinajstić information content (AvgIpc) is 2.53. The first kappa shape index (κ1) is 15.5. The Hall–Kier alpha value is -1.90. The van der Waals surface area contributed by atoms with Gasteiger partial charge in [0.05, 0.1) is 0 Å². The van der Waals surface area contributed by atoms with Crippen LogP contribution < -0.4 is 4.46 Å². The molecule has 21 heavy (non-hydrogen) atoms. The number of esters is 1. The first-order valence-corrected chi connectivity index (χ1v) is 8.45. The Balaban J connectivity index is 1.66. The molecule has 0 heterocycles. The molecule has 2 rings (SSSR count). The van der Waals surface area contributed by atoms with Crippen LogP contribution in [0.5, 0.6) is 0 Å². The van der Waals surface area contributed by atoms with Crippen molar-refractivity contribution in [1.29, 1.82) is 0 Å². The molecule has 0 aliphatic rings. The molecule has 0 atom stereocenters. The number of carbonyl (C=O) groups excluding carboxylic acids is 2. The van der Waals surface area contributed by atoms with Crippen LogP contribution >= 0.6 is 0 Å². The number of carbonyl (C=O) groups is 2. The van der Waals surface area contributed by atoms with Crippen LogP contribution in [0.4, 0.5) is 0 Å². The number of ether oxygens (including phenoxy) is 1. The molecule has 0 saturated heterocycles. The Labute approximate surface area is 130 Å². The van der Waals surface area contributed by atoms with Crippen LogP contribution in [0, 0.1) is 0 Å². The Kier molecular flexibility index (Phi) is 6.20. The molecular weight excluding hydrogens is 331 g/mol. The minimum absolute atomic E-state index is 0.148. The summed E-state index contributed by atoms with van der Waals surface area (Å²) >= 11 is -0.148. The summed E-state index contributed by atoms with van der Waals surface area (Å²) in [6.45, 7) is 0.282. The second-order valence-electron chi connectivity index (χ2n) is 4.39. The van der Waals surface area contributed by atoms with E-state index >= 15 is 0 Å². The zero-order chi connectivity index (χ0) is 14.9. The van der Waals surface area contributed by atoms with Crippen LogP contribution in [-0.2, 0) is 9.53 Å². The van der Waals surface area contributed by atoms with Gasteiger partial charge in [0, 0.05) is 0 Å². The first-order valence-electron chi connectivity index (χ1n) is 6.73. The molecule has 2 aromatic carbocycles. The fraction of sp³-hybridized carbons (Fsp3) is 0.176. The molecule has 0 aliphatic heterocycles. The SMILES string of the molecule is O=C(CCCOC(=O)c1ccccc1)[Se]c1ccccc1. The summed E-state index contributed by atoms with van der Waals surface area (Å²) in [6, 6.07) is 18.6. The van der Waals surface area contributed by atoms with Crippen LogP contribution in [0.3, 0.4) is 0 Å². The number of rotatable bonds is 7. The standard InChI is InChI=1S/C17H16O3Se/c18-16(21-15-10-5-2-6-11-15)12-7-13-20-17(19)14-8-3-1-4-9-14/h1-6,8-11H,7,12-13H2. The van der Waals surface area contributed by atoms with Crippen molar-refractivity contribution in [2.45, 2.75) is 12.8 Å². The zero-order valence-corrected chi connectivity index (χ0v) is 13.2. The van der Waals surface area contributed by atoms with Gasteiger partial charge in [-0.3, -0.25) is 0 Å². The molecule has 0 aliphatic carbocycles. The van der Waals surface area contributed by atoms with Crippen molar-refractivity contribution in [1.82, 2.24) is 0 Å². The van der Waals surface area contributed by atoms with Gasteiger partial charge in [-0.1, -0.05) is 0 Å². The molecule has 3 nitrogen and oxygen atoms in total. The van der Waals surface area contributed by atoms with Gasteiger partial charge in [0.2, 0.25) is 0 Å². The van der Waals surface area contributed by atoms with E-state index in [1.165, 1.54) is 0 Å². The van der Waals surface area contributed by atoms with Gasteiger partial charge < -0.3 is 0 Å². The van der Waals surface area contributed by atoms with Gasteiger partial charge in [-0.05, 0) is 0 Å². The molecule has 4 heteroatoms. The van der Waals surface area contributed by atoms with E-state index in [2.05, 4.69) is 0 Å². The summed E-state index contributed by atoms with van der Waals surface area (Å²) < 4.78 is 6.45. The Morgan fingerprint density at radius 2 is 1.52 bits per heavy atom. The second kappa shape index (κ2) is 8.40. The van der Waals surface area contributed by atoms with Crippen molar-refractivity contribution >= 4 is 30.1 Å². The molecule has 0 bridgehead atoms. The maximum absolute atomic E-state index is 11.8. The molecule has 0 spiro atoms. The Morgan fingerprint density at radius 1 is 0.905 bits per heavy atom. The van der Waals surface area contributed by atoms with E-state index in [1.807, 2.05) is 36.4 Å². The first-order chi connectivity index (χ1) is 10.3. The molecule has 0 aromatic heterocycles. The van der Waals surface area contributed by atoms with Gasteiger partial charge in [0.1, 0.15) is 0 Å². The van der Waals surface area contributed by atoms with Crippen LogP contribution in [0.15, 0.2) is 60.7 Å². The molecule has 0 radical (unpaired) electrons. The third-order valence-electron chi connectivity index (χ3n) is 2.74. The van der Waals surface area contributed by atoms with Crippen molar-refractivity contribution in [2.24, 2.45) is 0 Å². The molecule has 0 N–H and O–H groups in total. The summed E-state index contributed by atoms with van der Waals surface area (Å²) in [5, 5.41) is 0. The van der Waals surface area contributed by atoms with Crippen molar-refractivity contribution in [3.63, 3.8) is 0 Å². The van der Waals surface area contributed by atoms with E-state index < -0.39 is 0 Å². The van der Waals surface area contributed by atoms with Gasteiger partial charge in [-0.15, -0.1) is 0 Å². The van der Waals surface area contributed by atoms with E-state index in [0.717, 1.165) is 4.46 Å². The molecule has 0 fully saturated rings. The quantitative estimate of drug-likeness (QED) is 0.438. The Morgan fingerprint density at radius 3 is 2.19 bits per heavy atom. The Bertz CT molecular complexity index is 581. The molecular formula is C17H16O3Se. The van der Waals surface area contributed by atoms with Crippen molar-refractivity contribution in [3.05, 3.63) is 66.2 Å². The van der Waals surface area contributed by atoms with E-state index in [0.29, 0.717) is 18.4 Å². The predicted octanol–water partition coefficient (Wildman–Crippen LogP) is 2.18. The third kappa shape index (κ3) is 5.54. The van der Waals surface area contributed by atoms with Gasteiger partial charge in [0.25, 0.3) is 0 Å². The van der Waals surface area contributed by atoms with Gasteiger partial charge in [-0.2, -0.15) is 0 Å². The predicted molar refractivity (Wildman–Crippen MR) is 82.8 cm³/mol. The van der Waals surface area contributed by atoms with Crippen molar-refractivity contribution in [2.75, 3.05) is 6.61 Å². The van der Waals surface area contributed by atoms with Gasteiger partial charge >= 0.3 is 130 Å². The topological polar surface area (TPSA) is 43.4 Å². The monoisotopic (exact) mass is 348 g/mol. The van der Waals surface area contributed by atoms with Crippen LogP contribution in [-0.4, -0.2) is 32.2 Å². The summed E-state index contributed by atoms with van der Waals surface area (Å²) in [5.74, 6) is -0.336. The fourth-order valence-electron chi connectivity index (χ4n) is 1.71. The number of hydrogen-bond donors (Lipinski definition) is 0. The van der Waals surface area contributed by atoms with Crippen LogP contribution in [0.25, 0.3) is 0 Å². The summed E-state index contributed by atoms with van der Waals surface area (Å²) in [4.78, 5) is 23.5. The second-order valence-corrected chi connectivity index (χ2v) is 6.77. The number of benzene rings is 2. The summed E-state index contributed by atoms with van der Waals surface area (Å²) in [6.07, 6.45) is 1.03. The molecule has 108 valence electrons. The summed E-state index contributed by atoms with van der Waals surface area (Å²) in [5.41, 5.74) is 0.539. The summed E-state index contributed by atoms with van der Waals surface area (Å²) in [7, 11) is 0. The zero-order valence-electron chi connectivity index (χ0n) is 11.5. The van der Waals surface area contributed by atoms with E-state index in [-0.39, 0.29) is 32.2 Å². The molecule has 0 saturated carbocycles. The average molecular weight is 347 g/mol. The van der Waals surface area contributed by atoms with Gasteiger partial charge in [-0.25, -0.2) is 0 Å². The van der Waals surface area contributed by atoms with E-state index in [9.17, 15) is 9.59 Å². The molecule has 2 aromatic rings. The van der Waals surface area contributed by atoms with Crippen molar-refractivity contribution in [3.8, 4) is 0 Å². The van der Waals surface area contributed by atoms with Crippen LogP contribution in [0.2, 0.25) is 0 Å². The van der Waals surface area contributed by atoms with Crippen LogP contribution in [0.1, 0.15) is 23.2 Å². The molecule has 0 amide bonds. The fourth-order valence-corrected chi connectivity index (χ4v) is 3.39. The normalized spacial score (nSPS) is 10.1. The van der Waals surface area contributed by atoms with Crippen molar-refractivity contribution < 1.29 is 14.3 Å². The molecule has 0 unspecified atom stereocenters. The maximum atomic E-state index is 11.8. The number of hydrogen-bond acceptors (Lipinski definition) is 3. The van der Waals surface area contributed by atoms with E-state index in [4.69, 9.17) is 4.74 Å². The van der Waals surface area contributed by atoms with E-state index in [1.54, 1.807) is 24.3 Å².